The summed E-state index contributed by atoms with van der Waals surface area (Å²) >= 11 is 6.32. The molecule has 2 aromatic heterocycles. The van der Waals surface area contributed by atoms with E-state index in [9.17, 15) is 0 Å². The molecule has 1 unspecified atom stereocenters. The molecule has 0 fully saturated rings. The second kappa shape index (κ2) is 4.48. The topological polar surface area (TPSA) is 30.4 Å². The maximum Gasteiger partial charge on any atom is 0.0693 e. The minimum atomic E-state index is 0.480. The van der Waals surface area contributed by atoms with Gasteiger partial charge in [0.1, 0.15) is 0 Å². The second-order valence-corrected chi connectivity index (χ2v) is 4.76. The van der Waals surface area contributed by atoms with Crippen LogP contribution in [0.15, 0.2) is 24.4 Å². The van der Waals surface area contributed by atoms with Crippen LogP contribution in [0.5, 0.6) is 0 Å². The van der Waals surface area contributed by atoms with Crippen molar-refractivity contribution >= 4 is 17.1 Å². The second-order valence-electron chi connectivity index (χ2n) is 4.39. The van der Waals surface area contributed by atoms with Gasteiger partial charge in [0.05, 0.1) is 10.5 Å². The van der Waals surface area contributed by atoms with Crippen LogP contribution >= 0.6 is 11.6 Å². The Labute approximate surface area is 101 Å². The summed E-state index contributed by atoms with van der Waals surface area (Å²) in [5, 5.41) is 0.861. The van der Waals surface area contributed by atoms with Crippen LogP contribution < -0.4 is 5.73 Å². The van der Waals surface area contributed by atoms with Gasteiger partial charge in [-0.3, -0.25) is 0 Å². The number of nitrogens with zero attached hydrogens (tertiary/aromatic N) is 1. The van der Waals surface area contributed by atoms with Gasteiger partial charge in [0.15, 0.2) is 0 Å². The average Bonchev–Trinajstić information content (AvgIpc) is 2.55. The Morgan fingerprint density at radius 3 is 2.88 bits per heavy atom. The van der Waals surface area contributed by atoms with Gasteiger partial charge >= 0.3 is 0 Å². The van der Waals surface area contributed by atoms with Crippen LogP contribution in [0.25, 0.3) is 5.52 Å². The molecule has 0 saturated heterocycles. The van der Waals surface area contributed by atoms with Crippen molar-refractivity contribution in [1.29, 1.82) is 0 Å². The van der Waals surface area contributed by atoms with Crippen LogP contribution in [-0.4, -0.2) is 10.9 Å². The van der Waals surface area contributed by atoms with E-state index in [1.165, 1.54) is 11.3 Å². The molecule has 2 aromatic rings. The molecule has 0 aliphatic rings. The lowest BCUT2D eigenvalue weighted by Gasteiger charge is -2.09. The molecule has 0 aromatic carbocycles. The molecular weight excluding hydrogens is 220 g/mol. The quantitative estimate of drug-likeness (QED) is 0.873. The number of halogens is 1. The standard InChI is InChI=1S/C13H17ClN2/c1-9(8-15)7-12-10(2)13(14)11-5-3-4-6-16(11)12/h3-6,9H,7-8,15H2,1-2H3. The number of hydrogen-bond acceptors (Lipinski definition) is 1. The highest BCUT2D eigenvalue weighted by atomic mass is 35.5. The lowest BCUT2D eigenvalue weighted by molar-refractivity contribution is 0.580. The van der Waals surface area contributed by atoms with E-state index in [1.807, 2.05) is 18.2 Å². The Balaban J connectivity index is 2.55. The first-order valence-corrected chi connectivity index (χ1v) is 5.97. The van der Waals surface area contributed by atoms with Crippen molar-refractivity contribution in [3.63, 3.8) is 0 Å². The summed E-state index contributed by atoms with van der Waals surface area (Å²) < 4.78 is 2.17. The zero-order valence-electron chi connectivity index (χ0n) is 9.70. The maximum absolute atomic E-state index is 6.32. The normalized spacial score (nSPS) is 13.2. The van der Waals surface area contributed by atoms with Gasteiger partial charge in [-0.05, 0) is 43.5 Å². The lowest BCUT2D eigenvalue weighted by atomic mass is 10.0. The summed E-state index contributed by atoms with van der Waals surface area (Å²) in [4.78, 5) is 0. The molecule has 3 heteroatoms. The van der Waals surface area contributed by atoms with Crippen molar-refractivity contribution in [2.24, 2.45) is 11.7 Å². The summed E-state index contributed by atoms with van der Waals surface area (Å²) in [6.45, 7) is 4.95. The van der Waals surface area contributed by atoms with E-state index < -0.39 is 0 Å². The first-order valence-electron chi connectivity index (χ1n) is 5.59. The number of pyridine rings is 1. The molecule has 0 saturated carbocycles. The molecule has 0 aliphatic heterocycles. The van der Waals surface area contributed by atoms with Gasteiger partial charge in [0.25, 0.3) is 0 Å². The zero-order valence-corrected chi connectivity index (χ0v) is 10.5. The fourth-order valence-electron chi connectivity index (χ4n) is 2.02. The molecule has 2 N–H and O–H groups in total. The lowest BCUT2D eigenvalue weighted by Crippen LogP contribution is -2.14. The number of aromatic nitrogens is 1. The molecule has 0 bridgehead atoms. The number of fused-ring (bicyclic) bond motifs is 1. The Hall–Kier alpha value is -0.990. The fourth-order valence-corrected chi connectivity index (χ4v) is 2.28. The van der Waals surface area contributed by atoms with Gasteiger partial charge in [-0.1, -0.05) is 24.6 Å². The molecule has 1 atom stereocenters. The van der Waals surface area contributed by atoms with Crippen molar-refractivity contribution in [3.8, 4) is 0 Å². The molecule has 2 heterocycles. The largest absolute Gasteiger partial charge is 0.330 e. The predicted octanol–water partition coefficient (Wildman–Crippen LogP) is 3.04. The molecule has 2 rings (SSSR count). The van der Waals surface area contributed by atoms with Gasteiger partial charge < -0.3 is 10.1 Å². The smallest absolute Gasteiger partial charge is 0.0693 e. The molecular formula is C13H17ClN2. The van der Waals surface area contributed by atoms with E-state index in [1.54, 1.807) is 0 Å². The SMILES string of the molecule is Cc1c(Cl)c2ccccn2c1CC(C)CN. The van der Waals surface area contributed by atoms with Crippen molar-refractivity contribution in [1.82, 2.24) is 4.40 Å². The van der Waals surface area contributed by atoms with Crippen molar-refractivity contribution in [2.45, 2.75) is 20.3 Å². The van der Waals surface area contributed by atoms with Crippen molar-refractivity contribution in [3.05, 3.63) is 40.7 Å². The summed E-state index contributed by atoms with van der Waals surface area (Å²) in [5.74, 6) is 0.480. The summed E-state index contributed by atoms with van der Waals surface area (Å²) in [6, 6.07) is 6.09. The Kier molecular flexibility index (Phi) is 3.22. The highest BCUT2D eigenvalue weighted by Crippen LogP contribution is 2.29. The fraction of sp³-hybridized carbons (Fsp3) is 0.385. The van der Waals surface area contributed by atoms with E-state index in [4.69, 9.17) is 17.3 Å². The Morgan fingerprint density at radius 1 is 1.44 bits per heavy atom. The van der Waals surface area contributed by atoms with E-state index in [0.717, 1.165) is 17.0 Å². The first-order chi connectivity index (χ1) is 7.65. The molecule has 0 radical (unpaired) electrons. The highest BCUT2D eigenvalue weighted by molar-refractivity contribution is 6.34. The summed E-state index contributed by atoms with van der Waals surface area (Å²) in [7, 11) is 0. The van der Waals surface area contributed by atoms with Gasteiger partial charge in [-0.25, -0.2) is 0 Å². The van der Waals surface area contributed by atoms with Gasteiger partial charge in [-0.15, -0.1) is 0 Å². The van der Waals surface area contributed by atoms with Crippen LogP contribution in [0, 0.1) is 12.8 Å². The van der Waals surface area contributed by atoms with E-state index in [2.05, 4.69) is 24.4 Å². The van der Waals surface area contributed by atoms with Crippen LogP contribution in [0.4, 0.5) is 0 Å². The van der Waals surface area contributed by atoms with Gasteiger partial charge in [-0.2, -0.15) is 0 Å². The summed E-state index contributed by atoms with van der Waals surface area (Å²) in [6.07, 6.45) is 3.03. The molecule has 0 amide bonds. The third kappa shape index (κ3) is 1.83. The summed E-state index contributed by atoms with van der Waals surface area (Å²) in [5.41, 5.74) is 9.21. The van der Waals surface area contributed by atoms with Crippen LogP contribution in [0.1, 0.15) is 18.2 Å². The minimum Gasteiger partial charge on any atom is -0.330 e. The molecule has 2 nitrogen and oxygen atoms in total. The first kappa shape index (κ1) is 11.5. The third-order valence-corrected chi connectivity index (χ3v) is 3.56. The van der Waals surface area contributed by atoms with Crippen molar-refractivity contribution < 1.29 is 0 Å². The number of nitrogens with two attached hydrogens (primary N) is 1. The Bertz CT molecular complexity index is 502. The average molecular weight is 237 g/mol. The van der Waals surface area contributed by atoms with Gasteiger partial charge in [0.2, 0.25) is 0 Å². The third-order valence-electron chi connectivity index (χ3n) is 3.08. The maximum atomic E-state index is 6.32. The van der Waals surface area contributed by atoms with Crippen LogP contribution in [0.3, 0.4) is 0 Å². The van der Waals surface area contributed by atoms with Crippen molar-refractivity contribution in [2.75, 3.05) is 6.54 Å². The monoisotopic (exact) mass is 236 g/mol. The molecule has 86 valence electrons. The molecule has 0 spiro atoms. The van der Waals surface area contributed by atoms with E-state index in [0.29, 0.717) is 12.5 Å². The van der Waals surface area contributed by atoms with Crippen LogP contribution in [-0.2, 0) is 6.42 Å². The number of hydrogen-bond donors (Lipinski definition) is 1. The minimum absolute atomic E-state index is 0.480. The molecule has 0 aliphatic carbocycles. The predicted molar refractivity (Wildman–Crippen MR) is 69.1 cm³/mol. The molecule has 16 heavy (non-hydrogen) atoms. The van der Waals surface area contributed by atoms with E-state index >= 15 is 0 Å². The zero-order chi connectivity index (χ0) is 11.7. The highest BCUT2D eigenvalue weighted by Gasteiger charge is 2.14. The van der Waals surface area contributed by atoms with Gasteiger partial charge in [0, 0.05) is 11.9 Å². The van der Waals surface area contributed by atoms with Crippen LogP contribution in [0.2, 0.25) is 5.02 Å². The van der Waals surface area contributed by atoms with E-state index in [-0.39, 0.29) is 0 Å². The Morgan fingerprint density at radius 2 is 2.19 bits per heavy atom. The number of rotatable bonds is 3.